The molecular weight excluding hydrogens is 375 g/mol. The average molecular weight is 396 g/mol. The molecule has 1 unspecified atom stereocenters. The molecule has 0 radical (unpaired) electrons. The Morgan fingerprint density at radius 3 is 2.66 bits per heavy atom. The van der Waals surface area contributed by atoms with Gasteiger partial charge in [-0.1, -0.05) is 0 Å². The van der Waals surface area contributed by atoms with Crippen LogP contribution in [-0.2, 0) is 10.3 Å². The summed E-state index contributed by atoms with van der Waals surface area (Å²) in [5, 5.41) is 2.81. The van der Waals surface area contributed by atoms with Crippen LogP contribution < -0.4 is 15.8 Å². The lowest BCUT2D eigenvalue weighted by Crippen LogP contribution is -2.55. The minimum absolute atomic E-state index is 0.126. The minimum atomic E-state index is -0.650. The number of aromatic nitrogens is 1. The highest BCUT2D eigenvalue weighted by molar-refractivity contribution is 6.02. The number of fused-ring (bicyclic) bond motifs is 3. The molecule has 7 nitrogen and oxygen atoms in total. The SMILES string of the molecule is CC1(C)Oc2ccc(NC(=O)c3ccc(F)cn3)cc2C2(COC(N)=N2)C12CC2. The van der Waals surface area contributed by atoms with E-state index in [4.69, 9.17) is 20.2 Å². The Kier molecular flexibility index (Phi) is 3.51. The summed E-state index contributed by atoms with van der Waals surface area (Å²) in [4.78, 5) is 21.1. The molecule has 0 saturated heterocycles. The molecule has 8 heteroatoms. The van der Waals surface area contributed by atoms with Crippen LogP contribution in [0.2, 0.25) is 0 Å². The van der Waals surface area contributed by atoms with Crippen molar-refractivity contribution in [2.75, 3.05) is 11.9 Å². The van der Waals surface area contributed by atoms with Crippen LogP contribution in [0.4, 0.5) is 10.1 Å². The highest BCUT2D eigenvalue weighted by Gasteiger charge is 2.73. The fourth-order valence-corrected chi connectivity index (χ4v) is 4.81. The number of pyridine rings is 1. The summed E-state index contributed by atoms with van der Waals surface area (Å²) in [6.45, 7) is 4.49. The number of nitrogens with two attached hydrogens (primary N) is 1. The Labute approximate surface area is 167 Å². The molecule has 0 bridgehead atoms. The van der Waals surface area contributed by atoms with Crippen molar-refractivity contribution >= 4 is 17.6 Å². The number of ether oxygens (including phenoxy) is 2. The first-order valence-electron chi connectivity index (χ1n) is 9.51. The van der Waals surface area contributed by atoms with E-state index in [1.807, 2.05) is 12.1 Å². The van der Waals surface area contributed by atoms with E-state index in [0.717, 1.165) is 24.6 Å². The van der Waals surface area contributed by atoms with Crippen molar-refractivity contribution < 1.29 is 18.7 Å². The Hall–Kier alpha value is -3.16. The van der Waals surface area contributed by atoms with E-state index < -0.39 is 22.9 Å². The van der Waals surface area contributed by atoms with Crippen molar-refractivity contribution in [2.24, 2.45) is 16.1 Å². The van der Waals surface area contributed by atoms with Gasteiger partial charge in [0.2, 0.25) is 0 Å². The molecule has 1 fully saturated rings. The molecule has 5 rings (SSSR count). The predicted molar refractivity (Wildman–Crippen MR) is 104 cm³/mol. The zero-order valence-corrected chi connectivity index (χ0v) is 16.2. The summed E-state index contributed by atoms with van der Waals surface area (Å²) < 4.78 is 25.0. The number of rotatable bonds is 2. The van der Waals surface area contributed by atoms with Crippen LogP contribution in [0.3, 0.4) is 0 Å². The topological polar surface area (TPSA) is 98.8 Å². The molecule has 1 aliphatic carbocycles. The lowest BCUT2D eigenvalue weighted by molar-refractivity contribution is -0.0477. The van der Waals surface area contributed by atoms with Gasteiger partial charge in [0.1, 0.15) is 35.0 Å². The second-order valence-corrected chi connectivity index (χ2v) is 8.32. The third-order valence-corrected chi connectivity index (χ3v) is 6.43. The summed E-state index contributed by atoms with van der Waals surface area (Å²) in [6, 6.07) is 8.15. The molecule has 3 N–H and O–H groups in total. The standard InChI is InChI=1S/C21H21FN4O3/c1-19(2)20(7-8-20)21(11-28-18(23)26-21)14-9-13(4-6-16(14)29-19)25-17(27)15-5-3-12(22)10-24-15/h3-6,9-10H,7-8,11H2,1-2H3,(H2,23,26)(H,25,27). The number of hydrogen-bond acceptors (Lipinski definition) is 6. The normalized spacial score (nSPS) is 25.0. The number of halogens is 1. The molecule has 1 atom stereocenters. The lowest BCUT2D eigenvalue weighted by Gasteiger charge is -2.49. The number of carbonyl (C=O) groups excluding carboxylic acids is 1. The highest BCUT2D eigenvalue weighted by atomic mass is 19.1. The van der Waals surface area contributed by atoms with E-state index in [9.17, 15) is 9.18 Å². The van der Waals surface area contributed by atoms with E-state index >= 15 is 0 Å². The molecule has 150 valence electrons. The van der Waals surface area contributed by atoms with Crippen molar-refractivity contribution in [1.29, 1.82) is 0 Å². The third-order valence-electron chi connectivity index (χ3n) is 6.43. The van der Waals surface area contributed by atoms with Crippen LogP contribution >= 0.6 is 0 Å². The van der Waals surface area contributed by atoms with Crippen molar-refractivity contribution in [1.82, 2.24) is 4.98 Å². The number of carbonyl (C=O) groups is 1. The molecule has 1 saturated carbocycles. The van der Waals surface area contributed by atoms with Gasteiger partial charge in [-0.05, 0) is 57.0 Å². The molecule has 2 aromatic rings. The van der Waals surface area contributed by atoms with Gasteiger partial charge < -0.3 is 20.5 Å². The Morgan fingerprint density at radius 2 is 2.03 bits per heavy atom. The summed E-state index contributed by atoms with van der Waals surface area (Å²) in [6.07, 6.45) is 2.92. The highest BCUT2D eigenvalue weighted by Crippen LogP contribution is 2.71. The first-order valence-corrected chi connectivity index (χ1v) is 9.51. The maximum Gasteiger partial charge on any atom is 0.283 e. The number of benzene rings is 1. The van der Waals surface area contributed by atoms with Gasteiger partial charge >= 0.3 is 0 Å². The maximum absolute atomic E-state index is 13.1. The van der Waals surface area contributed by atoms with Crippen LogP contribution in [0, 0.1) is 11.2 Å². The van der Waals surface area contributed by atoms with Crippen molar-refractivity contribution in [3.8, 4) is 5.75 Å². The number of hydrogen-bond donors (Lipinski definition) is 2. The van der Waals surface area contributed by atoms with Gasteiger partial charge in [0, 0.05) is 16.7 Å². The third kappa shape index (κ3) is 2.44. The van der Waals surface area contributed by atoms with Crippen LogP contribution in [0.1, 0.15) is 42.7 Å². The van der Waals surface area contributed by atoms with E-state index in [1.165, 1.54) is 12.1 Å². The molecule has 29 heavy (non-hydrogen) atoms. The van der Waals surface area contributed by atoms with Crippen LogP contribution in [0.15, 0.2) is 41.5 Å². The second kappa shape index (κ2) is 5.68. The second-order valence-electron chi connectivity index (χ2n) is 8.32. The van der Waals surface area contributed by atoms with Crippen LogP contribution in [0.25, 0.3) is 0 Å². The quantitative estimate of drug-likeness (QED) is 0.813. The summed E-state index contributed by atoms with van der Waals surface area (Å²) in [5.41, 5.74) is 6.17. The predicted octanol–water partition coefficient (Wildman–Crippen LogP) is 2.96. The molecule has 2 spiro atoms. The first kappa shape index (κ1) is 17.9. The average Bonchev–Trinajstić information content (AvgIpc) is 3.41. The van der Waals surface area contributed by atoms with E-state index in [2.05, 4.69) is 24.1 Å². The Bertz CT molecular complexity index is 1050. The van der Waals surface area contributed by atoms with Crippen molar-refractivity contribution in [3.05, 3.63) is 53.6 Å². The van der Waals surface area contributed by atoms with Gasteiger partial charge in [0.15, 0.2) is 0 Å². The fraction of sp³-hybridized carbons (Fsp3) is 0.381. The number of anilines is 1. The zero-order valence-electron chi connectivity index (χ0n) is 16.2. The molecule has 1 aromatic heterocycles. The van der Waals surface area contributed by atoms with Crippen molar-refractivity contribution in [2.45, 2.75) is 37.8 Å². The maximum atomic E-state index is 13.1. The van der Waals surface area contributed by atoms with Crippen LogP contribution in [0.5, 0.6) is 5.75 Å². The van der Waals surface area contributed by atoms with E-state index in [1.54, 1.807) is 6.07 Å². The Balaban J connectivity index is 1.55. The molecule has 1 amide bonds. The molecular formula is C21H21FN4O3. The number of nitrogens with one attached hydrogen (secondary N) is 1. The molecule has 3 aliphatic rings. The van der Waals surface area contributed by atoms with E-state index in [-0.39, 0.29) is 17.1 Å². The summed E-state index contributed by atoms with van der Waals surface area (Å²) in [5.74, 6) is -0.223. The summed E-state index contributed by atoms with van der Waals surface area (Å²) >= 11 is 0. The molecule has 2 aliphatic heterocycles. The van der Waals surface area contributed by atoms with Gasteiger partial charge in [0.25, 0.3) is 11.9 Å². The zero-order chi connectivity index (χ0) is 20.4. The van der Waals surface area contributed by atoms with E-state index in [0.29, 0.717) is 18.0 Å². The first-order chi connectivity index (χ1) is 13.8. The van der Waals surface area contributed by atoms with Gasteiger partial charge in [-0.25, -0.2) is 14.4 Å². The summed E-state index contributed by atoms with van der Waals surface area (Å²) in [7, 11) is 0. The smallest absolute Gasteiger partial charge is 0.283 e. The number of amidine groups is 1. The van der Waals surface area contributed by atoms with Gasteiger partial charge in [-0.2, -0.15) is 0 Å². The lowest BCUT2D eigenvalue weighted by atomic mass is 9.66. The number of amides is 1. The van der Waals surface area contributed by atoms with Crippen LogP contribution in [-0.4, -0.2) is 29.1 Å². The van der Waals surface area contributed by atoms with Crippen molar-refractivity contribution in [3.63, 3.8) is 0 Å². The van der Waals surface area contributed by atoms with Gasteiger partial charge in [-0.15, -0.1) is 0 Å². The minimum Gasteiger partial charge on any atom is -0.487 e. The number of nitrogens with zero attached hydrogens (tertiary/aromatic N) is 2. The van der Waals surface area contributed by atoms with Gasteiger partial charge in [-0.3, -0.25) is 4.79 Å². The fourth-order valence-electron chi connectivity index (χ4n) is 4.81. The largest absolute Gasteiger partial charge is 0.487 e. The monoisotopic (exact) mass is 396 g/mol. The van der Waals surface area contributed by atoms with Gasteiger partial charge in [0.05, 0.1) is 6.20 Å². The molecule has 1 aromatic carbocycles. The Morgan fingerprint density at radius 1 is 1.24 bits per heavy atom. The molecule has 3 heterocycles. The number of aliphatic imine (C=N–C) groups is 1.